The summed E-state index contributed by atoms with van der Waals surface area (Å²) in [5.74, 6) is 1.52. The number of fused-ring (bicyclic) bond motifs is 12. The second kappa shape index (κ2) is 15.5. The number of nitrogens with one attached hydrogen (secondary N) is 1. The summed E-state index contributed by atoms with van der Waals surface area (Å²) in [5, 5.41) is 13.7. The van der Waals surface area contributed by atoms with E-state index in [1.165, 1.54) is 84.0 Å². The molecule has 5 heterocycles. The second-order valence-electron chi connectivity index (χ2n) is 18.1. The van der Waals surface area contributed by atoms with Crippen LogP contribution in [0.1, 0.15) is 22.9 Å². The molecule has 0 fully saturated rings. The standard InChI is InChI=1S/C63H39N5S2/c1-3-16-38(17-4-1)61-64-62(66-63(65-61)48-25-15-24-46-45-22-9-13-28-56(45)70-60(46)48)41-36-55(59-47-23-10-14-29-57(47)69-58(59)37-41)68-52-27-12-8-21-44(52)50-35-40(31-33-54(50)68)39-30-32-53-49(34-39)43-20-7-11-26-51(43)67(53)42-18-5-2-6-19-42/h1-37,61H,(H,64,65,66). The molecule has 1 atom stereocenters. The molecule has 1 N–H and O–H groups in total. The van der Waals surface area contributed by atoms with E-state index in [-0.39, 0.29) is 6.17 Å². The van der Waals surface area contributed by atoms with E-state index in [4.69, 9.17) is 9.98 Å². The topological polar surface area (TPSA) is 46.6 Å². The van der Waals surface area contributed by atoms with Gasteiger partial charge in [-0.1, -0.05) is 146 Å². The molecule has 0 amide bonds. The Labute approximate surface area is 410 Å². The normalized spacial score (nSPS) is 14.1. The van der Waals surface area contributed by atoms with Gasteiger partial charge in [-0.25, -0.2) is 9.98 Å². The van der Waals surface area contributed by atoms with Crippen LogP contribution in [0, 0.1) is 0 Å². The van der Waals surface area contributed by atoms with Crippen molar-refractivity contribution < 1.29 is 0 Å². The first kappa shape index (κ1) is 39.4. The van der Waals surface area contributed by atoms with E-state index in [9.17, 15) is 0 Å². The summed E-state index contributed by atoms with van der Waals surface area (Å²) in [6.45, 7) is 0. The van der Waals surface area contributed by atoms with Crippen molar-refractivity contribution in [3.63, 3.8) is 0 Å². The molecule has 4 aromatic heterocycles. The van der Waals surface area contributed by atoms with Gasteiger partial charge in [0.2, 0.25) is 0 Å². The molecule has 10 aromatic carbocycles. The predicted molar refractivity (Wildman–Crippen MR) is 298 cm³/mol. The quantitative estimate of drug-likeness (QED) is 0.177. The molecular weight excluding hydrogens is 891 g/mol. The lowest BCUT2D eigenvalue weighted by Gasteiger charge is -2.24. The molecule has 5 nitrogen and oxygen atoms in total. The summed E-state index contributed by atoms with van der Waals surface area (Å²) in [6.07, 6.45) is -0.337. The number of rotatable bonds is 6. The summed E-state index contributed by atoms with van der Waals surface area (Å²) >= 11 is 3.65. The number of benzene rings is 10. The third kappa shape index (κ3) is 6.02. The third-order valence-electron chi connectivity index (χ3n) is 14.2. The minimum atomic E-state index is -0.337. The van der Waals surface area contributed by atoms with Crippen LogP contribution in [0.3, 0.4) is 0 Å². The van der Waals surface area contributed by atoms with E-state index >= 15 is 0 Å². The minimum Gasteiger partial charge on any atom is -0.344 e. The molecule has 0 radical (unpaired) electrons. The van der Waals surface area contributed by atoms with Crippen molar-refractivity contribution in [2.75, 3.05) is 0 Å². The molecule has 0 saturated heterocycles. The number of para-hydroxylation sites is 3. The fourth-order valence-corrected chi connectivity index (χ4v) is 13.4. The molecule has 1 unspecified atom stereocenters. The Balaban J connectivity index is 0.932. The number of amidine groups is 2. The van der Waals surface area contributed by atoms with Crippen molar-refractivity contribution in [1.29, 1.82) is 0 Å². The van der Waals surface area contributed by atoms with Gasteiger partial charge in [0.05, 0.1) is 27.8 Å². The Morgan fingerprint density at radius 1 is 0.400 bits per heavy atom. The molecule has 70 heavy (non-hydrogen) atoms. The lowest BCUT2D eigenvalue weighted by molar-refractivity contribution is 0.674. The third-order valence-corrected chi connectivity index (χ3v) is 16.5. The van der Waals surface area contributed by atoms with Gasteiger partial charge in [0.15, 0.2) is 5.84 Å². The lowest BCUT2D eigenvalue weighted by atomic mass is 10.0. The van der Waals surface area contributed by atoms with Gasteiger partial charge in [0.25, 0.3) is 0 Å². The smallest absolute Gasteiger partial charge is 0.160 e. The Morgan fingerprint density at radius 3 is 1.70 bits per heavy atom. The maximum atomic E-state index is 5.49. The van der Waals surface area contributed by atoms with Crippen LogP contribution >= 0.6 is 22.7 Å². The van der Waals surface area contributed by atoms with E-state index in [1.807, 2.05) is 22.7 Å². The number of aliphatic imine (C=N–C) groups is 2. The van der Waals surface area contributed by atoms with Gasteiger partial charge in [0, 0.05) is 78.7 Å². The Hall–Kier alpha value is -8.62. The maximum Gasteiger partial charge on any atom is 0.160 e. The van der Waals surface area contributed by atoms with Crippen LogP contribution in [-0.4, -0.2) is 20.8 Å². The molecule has 0 saturated carbocycles. The number of aromatic nitrogens is 2. The van der Waals surface area contributed by atoms with Gasteiger partial charge in [-0.15, -0.1) is 22.7 Å². The first-order valence-corrected chi connectivity index (χ1v) is 25.3. The van der Waals surface area contributed by atoms with Gasteiger partial charge >= 0.3 is 0 Å². The Kier molecular flexibility index (Phi) is 8.69. The molecule has 14 aromatic rings. The maximum absolute atomic E-state index is 5.49. The monoisotopic (exact) mass is 929 g/mol. The number of thiophene rings is 2. The fraction of sp³-hybridized carbons (Fsp3) is 0.0159. The highest BCUT2D eigenvalue weighted by atomic mass is 32.1. The highest BCUT2D eigenvalue weighted by Crippen LogP contribution is 2.44. The van der Waals surface area contributed by atoms with Gasteiger partial charge in [-0.2, -0.15) is 0 Å². The van der Waals surface area contributed by atoms with Crippen molar-refractivity contribution in [2.45, 2.75) is 6.17 Å². The van der Waals surface area contributed by atoms with Crippen LogP contribution in [0.2, 0.25) is 0 Å². The molecule has 7 heteroatoms. The molecular formula is C63H39N5S2. The Morgan fingerprint density at radius 2 is 0.971 bits per heavy atom. The average Bonchev–Trinajstić information content (AvgIpc) is 4.18. The summed E-state index contributed by atoms with van der Waals surface area (Å²) in [6, 6.07) is 81.5. The van der Waals surface area contributed by atoms with Gasteiger partial charge < -0.3 is 14.5 Å². The van der Waals surface area contributed by atoms with Crippen LogP contribution in [0.5, 0.6) is 0 Å². The number of hydrogen-bond acceptors (Lipinski definition) is 5. The minimum absolute atomic E-state index is 0.337. The zero-order valence-electron chi connectivity index (χ0n) is 37.5. The largest absolute Gasteiger partial charge is 0.344 e. The summed E-state index contributed by atoms with van der Waals surface area (Å²) in [5.41, 5.74) is 12.5. The summed E-state index contributed by atoms with van der Waals surface area (Å²) < 4.78 is 9.78. The molecule has 328 valence electrons. The number of nitrogens with zero attached hydrogens (tertiary/aromatic N) is 4. The van der Waals surface area contributed by atoms with Gasteiger partial charge in [-0.3, -0.25) is 0 Å². The summed E-state index contributed by atoms with van der Waals surface area (Å²) in [4.78, 5) is 10.9. The average molecular weight is 930 g/mol. The van der Waals surface area contributed by atoms with E-state index in [2.05, 4.69) is 239 Å². The molecule has 15 rings (SSSR count). The van der Waals surface area contributed by atoms with Crippen LogP contribution < -0.4 is 5.32 Å². The van der Waals surface area contributed by atoms with Crippen molar-refractivity contribution in [1.82, 2.24) is 14.5 Å². The molecule has 0 bridgehead atoms. The zero-order chi connectivity index (χ0) is 45.9. The first-order chi connectivity index (χ1) is 34.7. The predicted octanol–water partition coefficient (Wildman–Crippen LogP) is 16.8. The van der Waals surface area contributed by atoms with Crippen LogP contribution in [-0.2, 0) is 0 Å². The van der Waals surface area contributed by atoms with E-state index in [0.29, 0.717) is 0 Å². The lowest BCUT2D eigenvalue weighted by Crippen LogP contribution is -2.33. The fourth-order valence-electron chi connectivity index (χ4n) is 11.0. The van der Waals surface area contributed by atoms with Crippen LogP contribution in [0.15, 0.2) is 234 Å². The Bertz CT molecular complexity index is 4510. The zero-order valence-corrected chi connectivity index (χ0v) is 39.2. The van der Waals surface area contributed by atoms with Crippen LogP contribution in [0.4, 0.5) is 0 Å². The first-order valence-electron chi connectivity index (χ1n) is 23.7. The van der Waals surface area contributed by atoms with E-state index in [0.717, 1.165) is 50.8 Å². The van der Waals surface area contributed by atoms with Crippen molar-refractivity contribution in [2.24, 2.45) is 9.98 Å². The van der Waals surface area contributed by atoms with Gasteiger partial charge in [0.1, 0.15) is 12.0 Å². The second-order valence-corrected chi connectivity index (χ2v) is 20.3. The molecule has 1 aliphatic heterocycles. The highest BCUT2D eigenvalue weighted by molar-refractivity contribution is 7.26. The van der Waals surface area contributed by atoms with Crippen molar-refractivity contribution in [3.05, 3.63) is 241 Å². The number of hydrogen-bond donors (Lipinski definition) is 1. The SMILES string of the molecule is c1ccc(C2N=C(c3cccc4c3sc3ccccc34)N=C(c3cc(-n4c5ccccc5c5cc(-c6ccc7c(c6)c6ccccc6n7-c6ccccc6)ccc54)c4c(c3)sc3ccccc34)N2)cc1. The van der Waals surface area contributed by atoms with E-state index < -0.39 is 0 Å². The molecule has 1 aliphatic rings. The van der Waals surface area contributed by atoms with Gasteiger partial charge in [-0.05, 0) is 95.6 Å². The summed E-state index contributed by atoms with van der Waals surface area (Å²) in [7, 11) is 0. The van der Waals surface area contributed by atoms with Crippen molar-refractivity contribution >= 4 is 118 Å². The molecule has 0 aliphatic carbocycles. The van der Waals surface area contributed by atoms with Crippen LogP contribution in [0.25, 0.3) is 106 Å². The van der Waals surface area contributed by atoms with E-state index in [1.54, 1.807) is 0 Å². The molecule has 0 spiro atoms. The highest BCUT2D eigenvalue weighted by Gasteiger charge is 2.26. The van der Waals surface area contributed by atoms with Crippen molar-refractivity contribution in [3.8, 4) is 22.5 Å².